The van der Waals surface area contributed by atoms with Crippen molar-refractivity contribution >= 4 is 0 Å². The van der Waals surface area contributed by atoms with Crippen molar-refractivity contribution in [2.75, 3.05) is 0 Å². The molecule has 0 spiro atoms. The molecule has 2 saturated carbocycles. The van der Waals surface area contributed by atoms with Gasteiger partial charge in [0.1, 0.15) is 5.69 Å². The predicted molar refractivity (Wildman–Crippen MR) is 103 cm³/mol. The lowest BCUT2D eigenvalue weighted by Gasteiger charge is -2.38. The summed E-state index contributed by atoms with van der Waals surface area (Å²) in [5.74, 6) is 3.61. The third-order valence-corrected chi connectivity index (χ3v) is 7.10. The molecular weight excluding hydrogens is 347 g/mol. The highest BCUT2D eigenvalue weighted by molar-refractivity contribution is 5.16. The van der Waals surface area contributed by atoms with E-state index in [2.05, 4.69) is 11.9 Å². The molecule has 0 aliphatic heterocycles. The number of alkyl halides is 3. The average Bonchev–Trinajstić information content (AvgIpc) is 2.67. The summed E-state index contributed by atoms with van der Waals surface area (Å²) in [6.45, 7) is 2.30. The van der Waals surface area contributed by atoms with Gasteiger partial charge in [-0.25, -0.2) is 0 Å². The summed E-state index contributed by atoms with van der Waals surface area (Å²) in [7, 11) is 0. The Balaban J connectivity index is 1.37. The minimum absolute atomic E-state index is 0.736. The van der Waals surface area contributed by atoms with Gasteiger partial charge in [-0.05, 0) is 73.8 Å². The number of hydrogen-bond donors (Lipinski definition) is 0. The first-order chi connectivity index (χ1) is 13.0. The van der Waals surface area contributed by atoms with Gasteiger partial charge in [-0.2, -0.15) is 13.2 Å². The van der Waals surface area contributed by atoms with Crippen molar-refractivity contribution in [1.82, 2.24) is 4.98 Å². The maximum absolute atomic E-state index is 12.6. The summed E-state index contributed by atoms with van der Waals surface area (Å²) in [6, 6.07) is 2.71. The molecule has 27 heavy (non-hydrogen) atoms. The molecule has 2 aliphatic rings. The summed E-state index contributed by atoms with van der Waals surface area (Å²) in [4.78, 5) is 3.58. The quantitative estimate of drug-likeness (QED) is 0.499. The van der Waals surface area contributed by atoms with Crippen LogP contribution in [0.1, 0.15) is 88.8 Å². The third kappa shape index (κ3) is 5.96. The lowest BCUT2D eigenvalue weighted by atomic mass is 9.68. The maximum Gasteiger partial charge on any atom is 0.433 e. The molecule has 0 saturated heterocycles. The van der Waals surface area contributed by atoms with E-state index in [1.165, 1.54) is 70.4 Å². The predicted octanol–water partition coefficient (Wildman–Crippen LogP) is 7.45. The van der Waals surface area contributed by atoms with E-state index in [4.69, 9.17) is 0 Å². The van der Waals surface area contributed by atoms with E-state index in [9.17, 15) is 13.2 Å². The number of hydrogen-bond acceptors (Lipinski definition) is 1. The Morgan fingerprint density at radius 3 is 1.85 bits per heavy atom. The number of aryl methyl sites for hydroxylation is 1. The molecule has 3 rings (SSSR count). The van der Waals surface area contributed by atoms with Crippen LogP contribution in [0.25, 0.3) is 0 Å². The van der Waals surface area contributed by atoms with Gasteiger partial charge in [-0.3, -0.25) is 4.98 Å². The molecule has 152 valence electrons. The zero-order chi connectivity index (χ0) is 19.3. The lowest BCUT2D eigenvalue weighted by Crippen LogP contribution is -2.26. The molecule has 0 amide bonds. The van der Waals surface area contributed by atoms with Gasteiger partial charge in [-0.15, -0.1) is 0 Å². The van der Waals surface area contributed by atoms with Crippen molar-refractivity contribution in [3.63, 3.8) is 0 Å². The molecule has 1 aromatic heterocycles. The van der Waals surface area contributed by atoms with Crippen molar-refractivity contribution in [3.05, 3.63) is 29.6 Å². The van der Waals surface area contributed by atoms with Crippen LogP contribution in [0.4, 0.5) is 13.2 Å². The fraction of sp³-hybridized carbons (Fsp3) is 0.783. The van der Waals surface area contributed by atoms with Crippen LogP contribution < -0.4 is 0 Å². The normalized spacial score (nSPS) is 29.6. The van der Waals surface area contributed by atoms with Crippen molar-refractivity contribution in [2.45, 2.75) is 90.1 Å². The molecule has 1 aromatic rings. The molecule has 4 heteroatoms. The van der Waals surface area contributed by atoms with Crippen LogP contribution >= 0.6 is 0 Å². The average molecular weight is 382 g/mol. The number of aromatic nitrogens is 1. The minimum Gasteiger partial charge on any atom is -0.252 e. The molecule has 1 heterocycles. The lowest BCUT2D eigenvalue weighted by molar-refractivity contribution is -0.141. The number of halogens is 3. The highest BCUT2D eigenvalue weighted by Gasteiger charge is 2.32. The van der Waals surface area contributed by atoms with Crippen LogP contribution in [0, 0.1) is 23.7 Å². The summed E-state index contributed by atoms with van der Waals surface area (Å²) in [6.07, 6.45) is 12.8. The Bertz CT molecular complexity index is 550. The molecule has 1 nitrogen and oxygen atoms in total. The highest BCUT2D eigenvalue weighted by atomic mass is 19.4. The van der Waals surface area contributed by atoms with Gasteiger partial charge in [0, 0.05) is 6.20 Å². The smallest absolute Gasteiger partial charge is 0.252 e. The SMILES string of the molecule is CCC[C@H]1CC[C@H]([C@H]2CC[C@H](CCc3ccc(C(F)(F)F)nc3)CC2)CC1. The van der Waals surface area contributed by atoms with Crippen LogP contribution in [0.2, 0.25) is 0 Å². The fourth-order valence-electron chi connectivity index (χ4n) is 5.42. The van der Waals surface area contributed by atoms with Crippen LogP contribution in [0.5, 0.6) is 0 Å². The van der Waals surface area contributed by atoms with Crippen LogP contribution in [0.3, 0.4) is 0 Å². The van der Waals surface area contributed by atoms with E-state index < -0.39 is 11.9 Å². The summed E-state index contributed by atoms with van der Waals surface area (Å²) in [5.41, 5.74) is 0.139. The van der Waals surface area contributed by atoms with Gasteiger partial charge in [-0.1, -0.05) is 51.5 Å². The number of rotatable bonds is 6. The second kappa shape index (κ2) is 9.43. The molecule has 0 atom stereocenters. The highest BCUT2D eigenvalue weighted by Crippen LogP contribution is 2.43. The van der Waals surface area contributed by atoms with E-state index in [0.717, 1.165) is 48.1 Å². The standard InChI is InChI=1S/C23H34F3N/c1-2-3-17-6-11-20(12-7-17)21-13-8-18(9-14-21)4-5-19-10-15-22(27-16-19)23(24,25)26/h10,15-18,20-21H,2-9,11-14H2,1H3/t17-,18-,20-,21-. The van der Waals surface area contributed by atoms with Gasteiger partial charge < -0.3 is 0 Å². The Morgan fingerprint density at radius 1 is 0.852 bits per heavy atom. The molecule has 0 unspecified atom stereocenters. The largest absolute Gasteiger partial charge is 0.433 e. The van der Waals surface area contributed by atoms with Crippen molar-refractivity contribution in [1.29, 1.82) is 0 Å². The number of pyridine rings is 1. The Morgan fingerprint density at radius 2 is 1.41 bits per heavy atom. The molecule has 2 fully saturated rings. The molecule has 0 bridgehead atoms. The van der Waals surface area contributed by atoms with Crippen molar-refractivity contribution < 1.29 is 13.2 Å². The first-order valence-corrected chi connectivity index (χ1v) is 11.0. The van der Waals surface area contributed by atoms with Gasteiger partial charge in [0.2, 0.25) is 0 Å². The zero-order valence-corrected chi connectivity index (χ0v) is 16.6. The van der Waals surface area contributed by atoms with Gasteiger partial charge in [0.25, 0.3) is 0 Å². The van der Waals surface area contributed by atoms with Gasteiger partial charge in [0.05, 0.1) is 0 Å². The second-order valence-electron chi connectivity index (χ2n) is 8.94. The van der Waals surface area contributed by atoms with Crippen LogP contribution in [-0.2, 0) is 12.6 Å². The zero-order valence-electron chi connectivity index (χ0n) is 16.6. The summed E-state index contributed by atoms with van der Waals surface area (Å²) < 4.78 is 37.8. The van der Waals surface area contributed by atoms with E-state index in [1.807, 2.05) is 0 Å². The maximum atomic E-state index is 12.6. The Labute approximate surface area is 162 Å². The molecule has 0 N–H and O–H groups in total. The van der Waals surface area contributed by atoms with Gasteiger partial charge >= 0.3 is 6.18 Å². The van der Waals surface area contributed by atoms with E-state index >= 15 is 0 Å². The van der Waals surface area contributed by atoms with Crippen molar-refractivity contribution in [3.8, 4) is 0 Å². The fourth-order valence-corrected chi connectivity index (χ4v) is 5.42. The van der Waals surface area contributed by atoms with Crippen molar-refractivity contribution in [2.24, 2.45) is 23.7 Å². The Hall–Kier alpha value is -1.06. The van der Waals surface area contributed by atoms with Crippen LogP contribution in [0.15, 0.2) is 18.3 Å². The first kappa shape index (κ1) is 20.7. The summed E-state index contributed by atoms with van der Waals surface area (Å²) in [5, 5.41) is 0. The first-order valence-electron chi connectivity index (χ1n) is 11.0. The number of nitrogens with zero attached hydrogens (tertiary/aromatic N) is 1. The van der Waals surface area contributed by atoms with Crippen LogP contribution in [-0.4, -0.2) is 4.98 Å². The molecular formula is C23H34F3N. The Kier molecular flexibility index (Phi) is 7.22. The minimum atomic E-state index is -4.34. The molecule has 0 radical (unpaired) electrons. The van der Waals surface area contributed by atoms with E-state index in [0.29, 0.717) is 0 Å². The van der Waals surface area contributed by atoms with E-state index in [1.54, 1.807) is 6.07 Å². The molecule has 0 aromatic carbocycles. The third-order valence-electron chi connectivity index (χ3n) is 7.10. The molecule has 2 aliphatic carbocycles. The monoisotopic (exact) mass is 381 g/mol. The topological polar surface area (TPSA) is 12.9 Å². The van der Waals surface area contributed by atoms with Gasteiger partial charge in [0.15, 0.2) is 0 Å². The van der Waals surface area contributed by atoms with E-state index in [-0.39, 0.29) is 0 Å². The second-order valence-corrected chi connectivity index (χ2v) is 8.94. The summed E-state index contributed by atoms with van der Waals surface area (Å²) >= 11 is 0.